The quantitative estimate of drug-likeness (QED) is 0.667. The van der Waals surface area contributed by atoms with E-state index in [9.17, 15) is 4.53 Å². The zero-order chi connectivity index (χ0) is 8.10. The number of benzene rings is 1. The summed E-state index contributed by atoms with van der Waals surface area (Å²) in [6, 6.07) is 7.07. The summed E-state index contributed by atoms with van der Waals surface area (Å²) >= 11 is 0. The van der Waals surface area contributed by atoms with Crippen LogP contribution in [0.5, 0.6) is 5.75 Å². The molecule has 2 nitrogen and oxygen atoms in total. The SMILES string of the molecule is COc1cccc(COF)c1. The van der Waals surface area contributed by atoms with E-state index < -0.39 is 0 Å². The molecule has 0 aliphatic rings. The van der Waals surface area contributed by atoms with Crippen molar-refractivity contribution in [3.05, 3.63) is 29.8 Å². The van der Waals surface area contributed by atoms with Crippen LogP contribution < -0.4 is 4.74 Å². The van der Waals surface area contributed by atoms with Crippen LogP contribution >= 0.6 is 0 Å². The molecule has 1 aromatic rings. The van der Waals surface area contributed by atoms with Gasteiger partial charge in [-0.1, -0.05) is 12.1 Å². The summed E-state index contributed by atoms with van der Waals surface area (Å²) < 4.78 is 16.3. The summed E-state index contributed by atoms with van der Waals surface area (Å²) in [6.45, 7) is -0.0306. The lowest BCUT2D eigenvalue weighted by Crippen LogP contribution is -1.87. The van der Waals surface area contributed by atoms with Crippen LogP contribution in [-0.2, 0) is 11.5 Å². The molecule has 0 heterocycles. The first-order valence-corrected chi connectivity index (χ1v) is 3.23. The number of rotatable bonds is 3. The fraction of sp³-hybridized carbons (Fsp3) is 0.250. The summed E-state index contributed by atoms with van der Waals surface area (Å²) in [5, 5.41) is 0. The van der Waals surface area contributed by atoms with Crippen LogP contribution in [0.1, 0.15) is 5.56 Å². The van der Waals surface area contributed by atoms with Crippen molar-refractivity contribution in [1.82, 2.24) is 0 Å². The molecule has 0 fully saturated rings. The first-order chi connectivity index (χ1) is 5.36. The van der Waals surface area contributed by atoms with Crippen molar-refractivity contribution in [2.75, 3.05) is 7.11 Å². The Bertz CT molecular complexity index is 225. The molecule has 0 aliphatic heterocycles. The average Bonchev–Trinajstić information content (AvgIpc) is 2.06. The number of hydrogen-bond donors (Lipinski definition) is 0. The first-order valence-electron chi connectivity index (χ1n) is 3.23. The second-order valence-electron chi connectivity index (χ2n) is 2.10. The van der Waals surface area contributed by atoms with E-state index in [1.54, 1.807) is 31.4 Å². The minimum Gasteiger partial charge on any atom is -0.497 e. The molecular weight excluding hydrogens is 147 g/mol. The predicted octanol–water partition coefficient (Wildman–Crippen LogP) is 2.10. The van der Waals surface area contributed by atoms with Crippen molar-refractivity contribution in [1.29, 1.82) is 0 Å². The highest BCUT2D eigenvalue weighted by molar-refractivity contribution is 5.27. The molecule has 1 aromatic carbocycles. The van der Waals surface area contributed by atoms with E-state index in [1.807, 2.05) is 0 Å². The Morgan fingerprint density at radius 3 is 2.91 bits per heavy atom. The Labute approximate surface area is 64.5 Å². The van der Waals surface area contributed by atoms with Crippen LogP contribution in [0.4, 0.5) is 4.53 Å². The Kier molecular flexibility index (Phi) is 2.86. The van der Waals surface area contributed by atoms with Crippen molar-refractivity contribution >= 4 is 0 Å². The van der Waals surface area contributed by atoms with E-state index in [0.29, 0.717) is 5.75 Å². The number of ether oxygens (including phenoxy) is 1. The number of halogens is 1. The molecule has 11 heavy (non-hydrogen) atoms. The zero-order valence-corrected chi connectivity index (χ0v) is 6.21. The third-order valence-electron chi connectivity index (χ3n) is 1.36. The lowest BCUT2D eigenvalue weighted by molar-refractivity contribution is -0.144. The van der Waals surface area contributed by atoms with Crippen molar-refractivity contribution in [2.45, 2.75) is 6.61 Å². The van der Waals surface area contributed by atoms with Gasteiger partial charge in [-0.15, -0.1) is 0 Å². The van der Waals surface area contributed by atoms with Gasteiger partial charge in [0.05, 0.1) is 7.11 Å². The Balaban J connectivity index is 2.74. The average molecular weight is 156 g/mol. The molecule has 0 saturated heterocycles. The lowest BCUT2D eigenvalue weighted by Gasteiger charge is -2.00. The molecule has 0 aromatic heterocycles. The lowest BCUT2D eigenvalue weighted by atomic mass is 10.2. The monoisotopic (exact) mass is 156 g/mol. The molecule has 0 aliphatic carbocycles. The smallest absolute Gasteiger partial charge is 0.119 e. The standard InChI is InChI=1S/C8H9FO2/c1-10-8-4-2-3-7(5-8)6-11-9/h2-5H,6H2,1H3. The molecule has 0 amide bonds. The third-order valence-corrected chi connectivity index (χ3v) is 1.36. The summed E-state index contributed by atoms with van der Waals surface area (Å²) in [7, 11) is 1.56. The highest BCUT2D eigenvalue weighted by Gasteiger charge is 1.94. The van der Waals surface area contributed by atoms with Crippen LogP contribution in [0, 0.1) is 0 Å². The van der Waals surface area contributed by atoms with Gasteiger partial charge >= 0.3 is 0 Å². The molecular formula is C8H9FO2. The first kappa shape index (κ1) is 8.01. The highest BCUT2D eigenvalue weighted by Crippen LogP contribution is 2.12. The minimum absolute atomic E-state index is 0.0306. The van der Waals surface area contributed by atoms with Gasteiger partial charge < -0.3 is 4.74 Å². The van der Waals surface area contributed by atoms with Gasteiger partial charge in [0.2, 0.25) is 0 Å². The van der Waals surface area contributed by atoms with Gasteiger partial charge in [-0.2, -0.15) is 4.94 Å². The third kappa shape index (κ3) is 2.20. The largest absolute Gasteiger partial charge is 0.497 e. The maximum atomic E-state index is 11.4. The second-order valence-corrected chi connectivity index (χ2v) is 2.10. The zero-order valence-electron chi connectivity index (χ0n) is 6.21. The molecule has 0 unspecified atom stereocenters. The van der Waals surface area contributed by atoms with E-state index in [1.165, 1.54) is 0 Å². The van der Waals surface area contributed by atoms with E-state index in [-0.39, 0.29) is 6.61 Å². The number of methoxy groups -OCH3 is 1. The molecule has 0 bridgehead atoms. The van der Waals surface area contributed by atoms with Crippen molar-refractivity contribution in [3.63, 3.8) is 0 Å². The Morgan fingerprint density at radius 1 is 1.45 bits per heavy atom. The van der Waals surface area contributed by atoms with Crippen molar-refractivity contribution in [3.8, 4) is 5.75 Å². The maximum Gasteiger partial charge on any atom is 0.119 e. The molecule has 0 atom stereocenters. The van der Waals surface area contributed by atoms with Crippen LogP contribution in [0.15, 0.2) is 24.3 Å². The molecule has 3 heteroatoms. The summed E-state index contributed by atoms with van der Waals surface area (Å²) in [5.41, 5.74) is 0.756. The molecule has 0 saturated carbocycles. The van der Waals surface area contributed by atoms with Gasteiger partial charge in [0.25, 0.3) is 0 Å². The number of hydrogen-bond acceptors (Lipinski definition) is 2. The molecule has 0 spiro atoms. The van der Waals surface area contributed by atoms with E-state index in [2.05, 4.69) is 4.94 Å². The van der Waals surface area contributed by atoms with Gasteiger partial charge in [0, 0.05) is 0 Å². The highest BCUT2D eigenvalue weighted by atomic mass is 19.3. The molecule has 0 radical (unpaired) electrons. The second kappa shape index (κ2) is 3.93. The topological polar surface area (TPSA) is 18.5 Å². The summed E-state index contributed by atoms with van der Waals surface area (Å²) in [6.07, 6.45) is 0. The van der Waals surface area contributed by atoms with Gasteiger partial charge in [0.15, 0.2) is 0 Å². The molecule has 1 rings (SSSR count). The van der Waals surface area contributed by atoms with Crippen molar-refractivity contribution < 1.29 is 14.2 Å². The normalized spacial score (nSPS) is 9.64. The minimum atomic E-state index is -0.0306. The van der Waals surface area contributed by atoms with Crippen LogP contribution in [0.2, 0.25) is 0 Å². The van der Waals surface area contributed by atoms with E-state index in [4.69, 9.17) is 4.74 Å². The van der Waals surface area contributed by atoms with Gasteiger partial charge in [-0.05, 0) is 22.2 Å². The van der Waals surface area contributed by atoms with E-state index >= 15 is 0 Å². The van der Waals surface area contributed by atoms with Crippen LogP contribution in [-0.4, -0.2) is 7.11 Å². The van der Waals surface area contributed by atoms with Crippen LogP contribution in [0.25, 0.3) is 0 Å². The fourth-order valence-electron chi connectivity index (χ4n) is 0.825. The van der Waals surface area contributed by atoms with Gasteiger partial charge in [-0.25, -0.2) is 0 Å². The van der Waals surface area contributed by atoms with Crippen LogP contribution in [0.3, 0.4) is 0 Å². The molecule has 0 N–H and O–H groups in total. The molecule has 60 valence electrons. The fourth-order valence-corrected chi connectivity index (χ4v) is 0.825. The predicted molar refractivity (Wildman–Crippen MR) is 38.9 cm³/mol. The maximum absolute atomic E-state index is 11.4. The van der Waals surface area contributed by atoms with Gasteiger partial charge in [-0.3, -0.25) is 0 Å². The van der Waals surface area contributed by atoms with Crippen molar-refractivity contribution in [2.24, 2.45) is 0 Å². The van der Waals surface area contributed by atoms with E-state index in [0.717, 1.165) is 5.56 Å². The summed E-state index contributed by atoms with van der Waals surface area (Å²) in [4.78, 5) is 3.47. The summed E-state index contributed by atoms with van der Waals surface area (Å²) in [5.74, 6) is 0.708. The Hall–Kier alpha value is -1.09. The Morgan fingerprint density at radius 2 is 2.27 bits per heavy atom. The van der Waals surface area contributed by atoms with Gasteiger partial charge in [0.1, 0.15) is 12.4 Å².